The number of amides is 1. The standard InChI is InChI=1S/C25H30FN3O2S/c1-3-18-19-7-10-29(17(2)30)15-24(19)32-23(18)8-9-27-11-13-28(14-12-27)22-16-31-25-20(22)5-4-6-21(25)26/h4-6,16H,3,7-15H2,1-2H3. The Morgan fingerprint density at radius 3 is 2.75 bits per heavy atom. The molecule has 4 heterocycles. The molecule has 0 radical (unpaired) electrons. The molecule has 1 aromatic carbocycles. The summed E-state index contributed by atoms with van der Waals surface area (Å²) in [6.07, 6.45) is 4.82. The lowest BCUT2D eigenvalue weighted by atomic mass is 9.99. The van der Waals surface area contributed by atoms with Gasteiger partial charge in [0.05, 0.1) is 12.2 Å². The number of anilines is 1. The molecule has 0 unspecified atom stereocenters. The van der Waals surface area contributed by atoms with Crippen LogP contribution in [0.1, 0.15) is 34.7 Å². The van der Waals surface area contributed by atoms with Crippen LogP contribution < -0.4 is 4.90 Å². The van der Waals surface area contributed by atoms with E-state index in [4.69, 9.17) is 4.42 Å². The second-order valence-corrected chi connectivity index (χ2v) is 9.96. The quantitative estimate of drug-likeness (QED) is 0.569. The molecule has 32 heavy (non-hydrogen) atoms. The number of thiophene rings is 1. The molecule has 7 heteroatoms. The van der Waals surface area contributed by atoms with Gasteiger partial charge in [0.1, 0.15) is 6.26 Å². The van der Waals surface area contributed by atoms with E-state index in [1.807, 2.05) is 22.3 Å². The Kier molecular flexibility index (Phi) is 5.95. The zero-order chi connectivity index (χ0) is 22.2. The summed E-state index contributed by atoms with van der Waals surface area (Å²) in [4.78, 5) is 21.5. The third kappa shape index (κ3) is 3.92. The number of fused-ring (bicyclic) bond motifs is 2. The molecule has 0 aliphatic carbocycles. The SMILES string of the molecule is CCc1c(CCN2CCN(c3coc4c(F)cccc34)CC2)sc2c1CCN(C(C)=O)C2. The maximum absolute atomic E-state index is 14.0. The van der Waals surface area contributed by atoms with Crippen molar-refractivity contribution in [1.82, 2.24) is 9.80 Å². The van der Waals surface area contributed by atoms with Gasteiger partial charge in [0.15, 0.2) is 11.4 Å². The average Bonchev–Trinajstić information content (AvgIpc) is 3.39. The fourth-order valence-corrected chi connectivity index (χ4v) is 6.58. The molecule has 0 bridgehead atoms. The molecule has 2 aliphatic rings. The predicted octanol–water partition coefficient (Wildman–Crippen LogP) is 4.47. The number of benzene rings is 1. The minimum atomic E-state index is -0.302. The number of nitrogens with zero attached hydrogens (tertiary/aromatic N) is 3. The molecule has 2 aromatic heterocycles. The highest BCUT2D eigenvalue weighted by molar-refractivity contribution is 7.12. The van der Waals surface area contributed by atoms with E-state index in [0.717, 1.165) is 76.1 Å². The summed E-state index contributed by atoms with van der Waals surface area (Å²) in [6.45, 7) is 10.4. The maximum Gasteiger partial charge on any atom is 0.219 e. The zero-order valence-corrected chi connectivity index (χ0v) is 19.6. The van der Waals surface area contributed by atoms with Crippen LogP contribution in [0.25, 0.3) is 11.0 Å². The molecule has 1 fully saturated rings. The lowest BCUT2D eigenvalue weighted by Gasteiger charge is -2.35. The smallest absolute Gasteiger partial charge is 0.219 e. The lowest BCUT2D eigenvalue weighted by molar-refractivity contribution is -0.129. The topological polar surface area (TPSA) is 39.9 Å². The van der Waals surface area contributed by atoms with Crippen LogP contribution in [0.5, 0.6) is 0 Å². The third-order valence-electron chi connectivity index (χ3n) is 6.95. The lowest BCUT2D eigenvalue weighted by Crippen LogP contribution is -2.46. The van der Waals surface area contributed by atoms with Crippen LogP contribution >= 0.6 is 11.3 Å². The van der Waals surface area contributed by atoms with Gasteiger partial charge in [-0.25, -0.2) is 4.39 Å². The minimum absolute atomic E-state index is 0.176. The van der Waals surface area contributed by atoms with Gasteiger partial charge < -0.3 is 14.2 Å². The van der Waals surface area contributed by atoms with Crippen molar-refractivity contribution in [2.24, 2.45) is 0 Å². The number of halogens is 1. The molecular weight excluding hydrogens is 425 g/mol. The number of piperazine rings is 1. The number of carbonyl (C=O) groups excluding carboxylic acids is 1. The van der Waals surface area contributed by atoms with Crippen molar-refractivity contribution in [1.29, 1.82) is 0 Å². The fraction of sp³-hybridized carbons (Fsp3) is 0.480. The summed E-state index contributed by atoms with van der Waals surface area (Å²) in [5.74, 6) is -0.126. The summed E-state index contributed by atoms with van der Waals surface area (Å²) in [7, 11) is 0. The van der Waals surface area contributed by atoms with Gasteiger partial charge in [-0.2, -0.15) is 0 Å². The average molecular weight is 456 g/mol. The minimum Gasteiger partial charge on any atom is -0.459 e. The first-order valence-corrected chi connectivity index (χ1v) is 12.4. The Hall–Kier alpha value is -2.38. The highest BCUT2D eigenvalue weighted by Gasteiger charge is 2.26. The largest absolute Gasteiger partial charge is 0.459 e. The molecule has 1 amide bonds. The van der Waals surface area contributed by atoms with Crippen molar-refractivity contribution < 1.29 is 13.6 Å². The van der Waals surface area contributed by atoms with Crippen molar-refractivity contribution in [2.45, 2.75) is 39.7 Å². The van der Waals surface area contributed by atoms with Gasteiger partial charge in [-0.15, -0.1) is 11.3 Å². The third-order valence-corrected chi connectivity index (χ3v) is 8.27. The van der Waals surface area contributed by atoms with E-state index in [0.29, 0.717) is 5.58 Å². The maximum atomic E-state index is 14.0. The summed E-state index contributed by atoms with van der Waals surface area (Å²) in [6, 6.07) is 5.12. The van der Waals surface area contributed by atoms with Crippen molar-refractivity contribution in [3.63, 3.8) is 0 Å². The molecule has 170 valence electrons. The first-order valence-electron chi connectivity index (χ1n) is 11.6. The summed E-state index contributed by atoms with van der Waals surface area (Å²) in [5, 5.41) is 0.856. The Morgan fingerprint density at radius 2 is 2.00 bits per heavy atom. The Bertz CT molecular complexity index is 1130. The number of hydrogen-bond acceptors (Lipinski definition) is 5. The van der Waals surface area contributed by atoms with Gasteiger partial charge in [0.2, 0.25) is 5.91 Å². The van der Waals surface area contributed by atoms with Crippen LogP contribution in [0.2, 0.25) is 0 Å². The van der Waals surface area contributed by atoms with Crippen molar-refractivity contribution in [3.8, 4) is 0 Å². The highest BCUT2D eigenvalue weighted by Crippen LogP contribution is 2.35. The van der Waals surface area contributed by atoms with Crippen molar-refractivity contribution >= 4 is 33.9 Å². The van der Waals surface area contributed by atoms with E-state index in [1.165, 1.54) is 26.9 Å². The number of para-hydroxylation sites is 1. The number of hydrogen-bond donors (Lipinski definition) is 0. The Labute approximate surface area is 192 Å². The highest BCUT2D eigenvalue weighted by atomic mass is 32.1. The number of furan rings is 1. The summed E-state index contributed by atoms with van der Waals surface area (Å²) in [5.41, 5.74) is 4.38. The molecule has 1 saturated heterocycles. The van der Waals surface area contributed by atoms with Gasteiger partial charge in [-0.3, -0.25) is 9.69 Å². The molecule has 0 spiro atoms. The summed E-state index contributed by atoms with van der Waals surface area (Å²) < 4.78 is 19.5. The van der Waals surface area contributed by atoms with E-state index in [9.17, 15) is 9.18 Å². The van der Waals surface area contributed by atoms with Crippen molar-refractivity contribution in [2.75, 3.05) is 44.2 Å². The molecule has 0 N–H and O–H groups in total. The Morgan fingerprint density at radius 1 is 1.19 bits per heavy atom. The molecule has 0 saturated carbocycles. The van der Waals surface area contributed by atoms with Crippen LogP contribution in [0.4, 0.5) is 10.1 Å². The van der Waals surface area contributed by atoms with Crippen LogP contribution in [-0.2, 0) is 30.6 Å². The van der Waals surface area contributed by atoms with Crippen LogP contribution in [0.3, 0.4) is 0 Å². The van der Waals surface area contributed by atoms with E-state index < -0.39 is 0 Å². The van der Waals surface area contributed by atoms with Crippen LogP contribution in [-0.4, -0.2) is 55.0 Å². The molecular formula is C25H30FN3O2S. The first kappa shape index (κ1) is 21.5. The molecule has 0 atom stereocenters. The second-order valence-electron chi connectivity index (χ2n) is 8.77. The van der Waals surface area contributed by atoms with E-state index in [1.54, 1.807) is 19.3 Å². The fourth-order valence-electron chi connectivity index (χ4n) is 5.13. The number of carbonyl (C=O) groups is 1. The normalized spacial score (nSPS) is 17.2. The van der Waals surface area contributed by atoms with Crippen molar-refractivity contribution in [3.05, 3.63) is 51.2 Å². The van der Waals surface area contributed by atoms with E-state index in [2.05, 4.69) is 16.7 Å². The molecule has 2 aliphatic heterocycles. The molecule has 3 aromatic rings. The van der Waals surface area contributed by atoms with Gasteiger partial charge in [-0.1, -0.05) is 13.0 Å². The zero-order valence-electron chi connectivity index (χ0n) is 18.8. The Balaban J connectivity index is 1.21. The van der Waals surface area contributed by atoms with E-state index >= 15 is 0 Å². The molecule has 5 rings (SSSR count). The number of rotatable bonds is 5. The van der Waals surface area contributed by atoms with Crippen LogP contribution in [0.15, 0.2) is 28.9 Å². The molecule has 5 nitrogen and oxygen atoms in total. The summed E-state index contributed by atoms with van der Waals surface area (Å²) >= 11 is 1.92. The first-order chi connectivity index (χ1) is 15.5. The van der Waals surface area contributed by atoms with E-state index in [-0.39, 0.29) is 11.7 Å². The van der Waals surface area contributed by atoms with Gasteiger partial charge in [-0.05, 0) is 42.5 Å². The van der Waals surface area contributed by atoms with Crippen LogP contribution in [0, 0.1) is 5.82 Å². The van der Waals surface area contributed by atoms with Gasteiger partial charge in [0.25, 0.3) is 0 Å². The monoisotopic (exact) mass is 455 g/mol. The second kappa shape index (κ2) is 8.87. The predicted molar refractivity (Wildman–Crippen MR) is 127 cm³/mol. The van der Waals surface area contributed by atoms with Gasteiger partial charge in [0, 0.05) is 61.3 Å². The van der Waals surface area contributed by atoms with Gasteiger partial charge >= 0.3 is 0 Å².